The van der Waals surface area contributed by atoms with Crippen molar-refractivity contribution in [3.63, 3.8) is 0 Å². The Balaban J connectivity index is 2.21. The maximum atomic E-state index is 7.48. The highest BCUT2D eigenvalue weighted by molar-refractivity contribution is 9.11. The lowest BCUT2D eigenvalue weighted by molar-refractivity contribution is 0.893. The summed E-state index contributed by atoms with van der Waals surface area (Å²) in [4.78, 5) is 6.43. The van der Waals surface area contributed by atoms with Crippen LogP contribution in [-0.4, -0.2) is 17.9 Å². The van der Waals surface area contributed by atoms with Crippen molar-refractivity contribution in [2.24, 2.45) is 5.73 Å². The predicted octanol–water partition coefficient (Wildman–Crippen LogP) is 3.53. The molecule has 0 fully saturated rings. The number of benzene rings is 1. The van der Waals surface area contributed by atoms with Gasteiger partial charge in [-0.05, 0) is 49.6 Å². The van der Waals surface area contributed by atoms with Crippen LogP contribution in [0.5, 0.6) is 0 Å². The highest BCUT2D eigenvalue weighted by Crippen LogP contribution is 2.26. The predicted molar refractivity (Wildman–Crippen MR) is 89.2 cm³/mol. The largest absolute Gasteiger partial charge is 0.384 e. The van der Waals surface area contributed by atoms with Gasteiger partial charge in [-0.3, -0.25) is 5.41 Å². The Kier molecular flexibility index (Phi) is 4.77. The fraction of sp³-hybridized carbons (Fsp3) is 0.143. The van der Waals surface area contributed by atoms with Crippen molar-refractivity contribution >= 4 is 43.5 Å². The van der Waals surface area contributed by atoms with Gasteiger partial charge in [0.1, 0.15) is 11.7 Å². The van der Waals surface area contributed by atoms with Gasteiger partial charge in [-0.1, -0.05) is 18.2 Å². The molecule has 20 heavy (non-hydrogen) atoms. The molecule has 104 valence electrons. The van der Waals surface area contributed by atoms with E-state index in [4.69, 9.17) is 11.1 Å². The molecule has 0 unspecified atom stereocenters. The summed E-state index contributed by atoms with van der Waals surface area (Å²) in [6.45, 7) is 0.689. The second kappa shape index (κ2) is 6.37. The molecule has 3 N–H and O–H groups in total. The van der Waals surface area contributed by atoms with Crippen LogP contribution in [0.25, 0.3) is 0 Å². The van der Waals surface area contributed by atoms with Crippen molar-refractivity contribution in [1.82, 2.24) is 4.98 Å². The van der Waals surface area contributed by atoms with Gasteiger partial charge < -0.3 is 10.6 Å². The Bertz CT molecular complexity index is 643. The molecular weight excluding hydrogens is 384 g/mol. The lowest BCUT2D eigenvalue weighted by Gasteiger charge is -2.20. The quantitative estimate of drug-likeness (QED) is 0.612. The summed E-state index contributed by atoms with van der Waals surface area (Å²) >= 11 is 6.90. The summed E-state index contributed by atoms with van der Waals surface area (Å²) in [7, 11) is 1.97. The molecule has 0 saturated carbocycles. The number of pyridine rings is 1. The van der Waals surface area contributed by atoms with E-state index < -0.39 is 0 Å². The number of nitrogen functional groups attached to an aromatic ring is 1. The summed E-state index contributed by atoms with van der Waals surface area (Å²) in [6, 6.07) is 9.63. The first-order valence-corrected chi connectivity index (χ1v) is 7.51. The van der Waals surface area contributed by atoms with E-state index in [1.165, 1.54) is 0 Å². The highest BCUT2D eigenvalue weighted by atomic mass is 79.9. The molecule has 1 heterocycles. The van der Waals surface area contributed by atoms with Gasteiger partial charge in [0.2, 0.25) is 0 Å². The molecule has 1 aromatic carbocycles. The fourth-order valence-electron chi connectivity index (χ4n) is 1.87. The standard InChI is InChI=1S/C14H14Br2N4/c1-20(14-12(16)6-11(15)7-19-14)8-9-3-2-4-10(5-9)13(17)18/h2-7H,8H2,1H3,(H3,17,18). The third kappa shape index (κ3) is 3.58. The molecule has 0 saturated heterocycles. The van der Waals surface area contributed by atoms with Crippen LogP contribution in [0.1, 0.15) is 11.1 Å². The zero-order valence-electron chi connectivity index (χ0n) is 10.9. The van der Waals surface area contributed by atoms with E-state index in [0.29, 0.717) is 6.54 Å². The summed E-state index contributed by atoms with van der Waals surface area (Å²) < 4.78 is 1.86. The van der Waals surface area contributed by atoms with Gasteiger partial charge in [-0.2, -0.15) is 0 Å². The van der Waals surface area contributed by atoms with Crippen LogP contribution in [0.2, 0.25) is 0 Å². The summed E-state index contributed by atoms with van der Waals surface area (Å²) in [5.41, 5.74) is 7.33. The van der Waals surface area contributed by atoms with E-state index in [1.807, 2.05) is 42.3 Å². The minimum atomic E-state index is 0.0810. The summed E-state index contributed by atoms with van der Waals surface area (Å²) in [5.74, 6) is 0.943. The third-order valence-electron chi connectivity index (χ3n) is 2.81. The third-order valence-corrected chi connectivity index (χ3v) is 3.82. The minimum Gasteiger partial charge on any atom is -0.384 e. The maximum absolute atomic E-state index is 7.48. The Labute approximate surface area is 134 Å². The number of hydrogen-bond acceptors (Lipinski definition) is 3. The van der Waals surface area contributed by atoms with E-state index in [2.05, 4.69) is 36.8 Å². The molecule has 6 heteroatoms. The smallest absolute Gasteiger partial charge is 0.142 e. The molecule has 0 aliphatic carbocycles. The van der Waals surface area contributed by atoms with Crippen molar-refractivity contribution in [1.29, 1.82) is 5.41 Å². The SMILES string of the molecule is CN(Cc1cccc(C(=N)N)c1)c1ncc(Br)cc1Br. The number of rotatable bonds is 4. The van der Waals surface area contributed by atoms with Gasteiger partial charge in [0.15, 0.2) is 0 Å². The average Bonchev–Trinajstić information content (AvgIpc) is 2.38. The molecule has 0 atom stereocenters. The molecule has 0 amide bonds. The number of nitrogens with one attached hydrogen (secondary N) is 1. The average molecular weight is 398 g/mol. The van der Waals surface area contributed by atoms with Crippen LogP contribution in [0, 0.1) is 5.41 Å². The van der Waals surface area contributed by atoms with E-state index in [0.717, 1.165) is 25.9 Å². The van der Waals surface area contributed by atoms with Crippen molar-refractivity contribution in [3.05, 3.63) is 56.6 Å². The van der Waals surface area contributed by atoms with E-state index in [9.17, 15) is 0 Å². The van der Waals surface area contributed by atoms with Gasteiger partial charge >= 0.3 is 0 Å². The number of amidine groups is 1. The molecule has 4 nitrogen and oxygen atoms in total. The van der Waals surface area contributed by atoms with Gasteiger partial charge in [-0.25, -0.2) is 4.98 Å². The second-order valence-electron chi connectivity index (χ2n) is 4.43. The molecule has 0 bridgehead atoms. The Morgan fingerprint density at radius 1 is 1.35 bits per heavy atom. The van der Waals surface area contributed by atoms with Crippen LogP contribution >= 0.6 is 31.9 Å². The number of nitrogens with zero attached hydrogens (tertiary/aromatic N) is 2. The van der Waals surface area contributed by atoms with E-state index in [-0.39, 0.29) is 5.84 Å². The number of anilines is 1. The molecule has 0 spiro atoms. The van der Waals surface area contributed by atoms with Crippen molar-refractivity contribution < 1.29 is 0 Å². The zero-order valence-corrected chi connectivity index (χ0v) is 14.1. The van der Waals surface area contributed by atoms with Crippen LogP contribution in [0.4, 0.5) is 5.82 Å². The first kappa shape index (κ1) is 15.0. The van der Waals surface area contributed by atoms with Gasteiger partial charge in [0.25, 0.3) is 0 Å². The second-order valence-corrected chi connectivity index (χ2v) is 6.20. The number of nitrogens with two attached hydrogens (primary N) is 1. The maximum Gasteiger partial charge on any atom is 0.142 e. The fourth-order valence-corrected chi connectivity index (χ4v) is 3.16. The minimum absolute atomic E-state index is 0.0810. The van der Waals surface area contributed by atoms with Gasteiger partial charge in [0.05, 0.1) is 4.47 Å². The molecule has 1 aromatic heterocycles. The molecule has 0 aliphatic heterocycles. The van der Waals surface area contributed by atoms with Crippen molar-refractivity contribution in [2.75, 3.05) is 11.9 Å². The van der Waals surface area contributed by atoms with Gasteiger partial charge in [0, 0.05) is 29.8 Å². The first-order chi connectivity index (χ1) is 9.47. The van der Waals surface area contributed by atoms with Crippen LogP contribution < -0.4 is 10.6 Å². The van der Waals surface area contributed by atoms with Gasteiger partial charge in [-0.15, -0.1) is 0 Å². The molecule has 0 aliphatic rings. The Morgan fingerprint density at radius 3 is 2.75 bits per heavy atom. The lowest BCUT2D eigenvalue weighted by Crippen LogP contribution is -2.19. The van der Waals surface area contributed by atoms with Crippen molar-refractivity contribution in [2.45, 2.75) is 6.54 Å². The van der Waals surface area contributed by atoms with E-state index in [1.54, 1.807) is 6.20 Å². The molecule has 2 aromatic rings. The van der Waals surface area contributed by atoms with Crippen LogP contribution in [0.3, 0.4) is 0 Å². The normalized spacial score (nSPS) is 10.3. The van der Waals surface area contributed by atoms with Crippen molar-refractivity contribution in [3.8, 4) is 0 Å². The lowest BCUT2D eigenvalue weighted by atomic mass is 10.1. The number of hydrogen-bond donors (Lipinski definition) is 2. The van der Waals surface area contributed by atoms with Crippen LogP contribution in [-0.2, 0) is 6.54 Å². The van der Waals surface area contributed by atoms with E-state index >= 15 is 0 Å². The van der Waals surface area contributed by atoms with Crippen LogP contribution in [0.15, 0.2) is 45.5 Å². The first-order valence-electron chi connectivity index (χ1n) is 5.93. The Hall–Kier alpha value is -1.40. The number of aromatic nitrogens is 1. The highest BCUT2D eigenvalue weighted by Gasteiger charge is 2.09. The molecular formula is C14H14Br2N4. The topological polar surface area (TPSA) is 66.0 Å². The Morgan fingerprint density at radius 2 is 2.10 bits per heavy atom. The monoisotopic (exact) mass is 396 g/mol. The molecule has 2 rings (SSSR count). The summed E-state index contributed by atoms with van der Waals surface area (Å²) in [6.07, 6.45) is 1.77. The zero-order chi connectivity index (χ0) is 14.7. The number of halogens is 2. The summed E-state index contributed by atoms with van der Waals surface area (Å²) in [5, 5.41) is 7.48. The molecule has 0 radical (unpaired) electrons.